The number of halogens is 2. The Labute approximate surface area is 232 Å². The van der Waals surface area contributed by atoms with Crippen LogP contribution in [-0.2, 0) is 0 Å². The fourth-order valence-electron chi connectivity index (χ4n) is 4.81. The predicted octanol–water partition coefficient (Wildman–Crippen LogP) is 5.76. The number of fused-ring (bicyclic) bond motifs is 2. The smallest absolute Gasteiger partial charge is 0.268 e. The van der Waals surface area contributed by atoms with Gasteiger partial charge >= 0.3 is 0 Å². The van der Waals surface area contributed by atoms with Crippen LogP contribution in [0.15, 0.2) is 42.5 Å². The van der Waals surface area contributed by atoms with Gasteiger partial charge in [0.25, 0.3) is 5.91 Å². The van der Waals surface area contributed by atoms with Crippen LogP contribution >= 0.6 is 36.2 Å². The third-order valence-corrected chi connectivity index (χ3v) is 7.83. The fraction of sp³-hybridized carbons (Fsp3) is 0.308. The zero-order valence-corrected chi connectivity index (χ0v) is 23.1. The van der Waals surface area contributed by atoms with Gasteiger partial charge in [-0.1, -0.05) is 42.7 Å². The van der Waals surface area contributed by atoms with Crippen LogP contribution < -0.4 is 21.7 Å². The van der Waals surface area contributed by atoms with Crippen molar-refractivity contribution in [1.29, 1.82) is 5.41 Å². The highest BCUT2D eigenvalue weighted by Gasteiger charge is 2.27. The van der Waals surface area contributed by atoms with Crippen molar-refractivity contribution in [2.75, 3.05) is 10.6 Å². The summed E-state index contributed by atoms with van der Waals surface area (Å²) in [5, 5.41) is 19.2. The van der Waals surface area contributed by atoms with Crippen molar-refractivity contribution in [3.8, 4) is 0 Å². The van der Waals surface area contributed by atoms with Crippen LogP contribution in [0.2, 0.25) is 0 Å². The Morgan fingerprint density at radius 1 is 1.03 bits per heavy atom. The minimum absolute atomic E-state index is 0. The van der Waals surface area contributed by atoms with Gasteiger partial charge in [0.15, 0.2) is 5.96 Å². The summed E-state index contributed by atoms with van der Waals surface area (Å²) in [5.41, 5.74) is 8.45. The van der Waals surface area contributed by atoms with E-state index in [-0.39, 0.29) is 54.7 Å². The van der Waals surface area contributed by atoms with E-state index in [9.17, 15) is 4.79 Å². The zero-order chi connectivity index (χ0) is 24.5. The van der Waals surface area contributed by atoms with Gasteiger partial charge in [-0.05, 0) is 55.8 Å². The molecule has 0 spiro atoms. The number of aryl methyl sites for hydroxylation is 2. The van der Waals surface area contributed by atoms with Crippen LogP contribution in [0.5, 0.6) is 0 Å². The number of hydrogen-bond donors (Lipinski definition) is 5. The van der Waals surface area contributed by atoms with Crippen LogP contribution in [-0.4, -0.2) is 33.9 Å². The molecule has 1 fully saturated rings. The Balaban J connectivity index is 0.00000190. The lowest BCUT2D eigenvalue weighted by atomic mass is 9.90. The number of rotatable bonds is 5. The molecule has 0 saturated heterocycles. The molecule has 1 aliphatic carbocycles. The quantitative estimate of drug-likeness (QED) is 0.156. The van der Waals surface area contributed by atoms with Gasteiger partial charge < -0.3 is 16.4 Å². The van der Waals surface area contributed by atoms with Crippen molar-refractivity contribution in [2.45, 2.75) is 51.6 Å². The van der Waals surface area contributed by atoms with Gasteiger partial charge in [0.05, 0.1) is 10.4 Å². The van der Waals surface area contributed by atoms with Gasteiger partial charge in [0.1, 0.15) is 5.82 Å². The first-order valence-corrected chi connectivity index (χ1v) is 12.7. The SMILES string of the molecule is Cc1ccc2nc(NC(=O)c3sc4ccccc4c3C)nc(N[C@H]3CCCC[C@H]3NC(=N)N)c2c1.Cl.Cl. The van der Waals surface area contributed by atoms with Gasteiger partial charge in [0, 0.05) is 22.2 Å². The number of benzene rings is 2. The number of thiophene rings is 1. The van der Waals surface area contributed by atoms with Crippen LogP contribution in [0.4, 0.5) is 11.8 Å². The number of anilines is 2. The summed E-state index contributed by atoms with van der Waals surface area (Å²) in [6, 6.07) is 14.1. The number of hydrogen-bond acceptors (Lipinski definition) is 6. The standard InChI is InChI=1S/C26H29N7OS.2ClH/c1-14-11-12-18-17(13-14)23(29-19-8-4-5-9-20(19)30-25(27)28)32-26(31-18)33-24(34)22-15(2)16-7-3-6-10-21(16)35-22;;/h3,6-7,10-13,19-20H,4-5,8-9H2,1-2H3,(H4,27,28,30)(H2,29,31,32,33,34);2*1H/t19-,20+;;/m0../s1. The monoisotopic (exact) mass is 559 g/mol. The molecule has 11 heteroatoms. The lowest BCUT2D eigenvalue weighted by Crippen LogP contribution is -2.50. The van der Waals surface area contributed by atoms with E-state index in [4.69, 9.17) is 16.1 Å². The van der Waals surface area contributed by atoms with E-state index in [0.29, 0.717) is 10.7 Å². The fourth-order valence-corrected chi connectivity index (χ4v) is 5.91. The third-order valence-electron chi connectivity index (χ3n) is 6.56. The first-order valence-electron chi connectivity index (χ1n) is 11.8. The average molecular weight is 561 g/mol. The van der Waals surface area contributed by atoms with E-state index >= 15 is 0 Å². The maximum Gasteiger partial charge on any atom is 0.268 e. The summed E-state index contributed by atoms with van der Waals surface area (Å²) in [6.45, 7) is 4.00. The molecule has 2 heterocycles. The van der Waals surface area contributed by atoms with E-state index in [1.807, 2.05) is 50.2 Å². The Hall–Kier alpha value is -3.14. The Kier molecular flexibility index (Phi) is 9.17. The largest absolute Gasteiger partial charge is 0.370 e. The lowest BCUT2D eigenvalue weighted by Gasteiger charge is -2.33. The minimum Gasteiger partial charge on any atom is -0.370 e. The number of guanidine groups is 1. The topological polar surface area (TPSA) is 129 Å². The van der Waals surface area contributed by atoms with Crippen LogP contribution in [0.25, 0.3) is 21.0 Å². The molecule has 2 aromatic heterocycles. The number of nitrogens with two attached hydrogens (primary N) is 1. The van der Waals surface area contributed by atoms with E-state index in [1.165, 1.54) is 11.3 Å². The summed E-state index contributed by atoms with van der Waals surface area (Å²) in [7, 11) is 0. The maximum atomic E-state index is 13.2. The van der Waals surface area contributed by atoms with Gasteiger partial charge in [-0.2, -0.15) is 4.98 Å². The van der Waals surface area contributed by atoms with Crippen molar-refractivity contribution in [3.05, 3.63) is 58.5 Å². The average Bonchev–Trinajstić information content (AvgIpc) is 3.17. The molecule has 0 bridgehead atoms. The van der Waals surface area contributed by atoms with Crippen molar-refractivity contribution >= 4 is 80.8 Å². The van der Waals surface area contributed by atoms with E-state index in [2.05, 4.69) is 27.0 Å². The molecule has 5 rings (SSSR count). The molecule has 8 nitrogen and oxygen atoms in total. The first kappa shape index (κ1) is 28.4. The number of carbonyl (C=O) groups excluding carboxylic acids is 1. The molecule has 2 atom stereocenters. The summed E-state index contributed by atoms with van der Waals surface area (Å²) in [5.74, 6) is 0.690. The maximum absolute atomic E-state index is 13.2. The number of nitrogens with one attached hydrogen (secondary N) is 4. The second-order valence-electron chi connectivity index (χ2n) is 9.12. The highest BCUT2D eigenvalue weighted by Crippen LogP contribution is 2.32. The molecule has 6 N–H and O–H groups in total. The van der Waals surface area contributed by atoms with Gasteiger partial charge in [-0.3, -0.25) is 15.5 Å². The predicted molar refractivity (Wildman–Crippen MR) is 158 cm³/mol. The molecule has 1 amide bonds. The molecule has 2 aromatic carbocycles. The van der Waals surface area contributed by atoms with Crippen molar-refractivity contribution in [2.24, 2.45) is 5.73 Å². The highest BCUT2D eigenvalue weighted by molar-refractivity contribution is 7.21. The highest BCUT2D eigenvalue weighted by atomic mass is 35.5. The second-order valence-corrected chi connectivity index (χ2v) is 10.2. The summed E-state index contributed by atoms with van der Waals surface area (Å²) in [6.07, 6.45) is 4.03. The summed E-state index contributed by atoms with van der Waals surface area (Å²) >= 11 is 1.47. The second kappa shape index (κ2) is 11.9. The van der Waals surface area contributed by atoms with Crippen LogP contribution in [0, 0.1) is 19.3 Å². The summed E-state index contributed by atoms with van der Waals surface area (Å²) < 4.78 is 1.08. The first-order chi connectivity index (χ1) is 16.9. The van der Waals surface area contributed by atoms with Crippen LogP contribution in [0.3, 0.4) is 0 Å². The van der Waals surface area contributed by atoms with E-state index in [0.717, 1.165) is 57.8 Å². The molecule has 4 aromatic rings. The molecule has 37 heavy (non-hydrogen) atoms. The molecular weight excluding hydrogens is 529 g/mol. The molecule has 196 valence electrons. The van der Waals surface area contributed by atoms with E-state index in [1.54, 1.807) is 0 Å². The zero-order valence-electron chi connectivity index (χ0n) is 20.6. The number of carbonyl (C=O) groups is 1. The van der Waals surface area contributed by atoms with Crippen molar-refractivity contribution in [1.82, 2.24) is 15.3 Å². The Bertz CT molecular complexity index is 1440. The van der Waals surface area contributed by atoms with Crippen LogP contribution in [0.1, 0.15) is 46.5 Å². The normalized spacial score (nSPS) is 16.9. The molecule has 1 aliphatic rings. The molecule has 0 radical (unpaired) electrons. The lowest BCUT2D eigenvalue weighted by molar-refractivity contribution is 0.102. The van der Waals surface area contributed by atoms with Gasteiger partial charge in [-0.25, -0.2) is 4.98 Å². The number of aromatic nitrogens is 2. The number of amides is 1. The van der Waals surface area contributed by atoms with Gasteiger partial charge in [0.2, 0.25) is 5.95 Å². The van der Waals surface area contributed by atoms with E-state index < -0.39 is 0 Å². The summed E-state index contributed by atoms with van der Waals surface area (Å²) in [4.78, 5) is 23.3. The van der Waals surface area contributed by atoms with Gasteiger partial charge in [-0.15, -0.1) is 36.2 Å². The third kappa shape index (κ3) is 6.06. The van der Waals surface area contributed by atoms with Crippen molar-refractivity contribution in [3.63, 3.8) is 0 Å². The molecular formula is C26H31Cl2N7OS. The Morgan fingerprint density at radius 2 is 1.76 bits per heavy atom. The number of nitrogens with zero attached hydrogens (tertiary/aromatic N) is 2. The minimum atomic E-state index is -0.213. The molecule has 0 aliphatic heterocycles. The Morgan fingerprint density at radius 3 is 2.49 bits per heavy atom. The van der Waals surface area contributed by atoms with Crippen molar-refractivity contribution < 1.29 is 4.79 Å². The molecule has 1 saturated carbocycles. The molecule has 0 unspecified atom stereocenters.